The Morgan fingerprint density at radius 2 is 2.10 bits per heavy atom. The number of primary amides is 1. The van der Waals surface area contributed by atoms with E-state index in [1.807, 2.05) is 18.3 Å². The van der Waals surface area contributed by atoms with Crippen LogP contribution in [-0.2, 0) is 11.3 Å². The van der Waals surface area contributed by atoms with Crippen LogP contribution in [0.3, 0.4) is 0 Å². The summed E-state index contributed by atoms with van der Waals surface area (Å²) in [5.74, 6) is -0.179. The Kier molecular flexibility index (Phi) is 6.14. The van der Waals surface area contributed by atoms with Crippen molar-refractivity contribution in [3.05, 3.63) is 30.1 Å². The van der Waals surface area contributed by atoms with E-state index in [2.05, 4.69) is 27.8 Å². The minimum Gasteiger partial charge on any atom is -0.368 e. The van der Waals surface area contributed by atoms with Crippen molar-refractivity contribution in [2.75, 3.05) is 26.2 Å². The van der Waals surface area contributed by atoms with Gasteiger partial charge in [-0.2, -0.15) is 0 Å². The molecule has 1 aliphatic heterocycles. The van der Waals surface area contributed by atoms with Crippen LogP contribution in [0.15, 0.2) is 24.4 Å². The number of piperazine rings is 1. The molecule has 1 aromatic rings. The largest absolute Gasteiger partial charge is 0.368 e. The van der Waals surface area contributed by atoms with Crippen molar-refractivity contribution in [2.24, 2.45) is 5.73 Å². The van der Waals surface area contributed by atoms with Gasteiger partial charge in [-0.3, -0.25) is 19.6 Å². The molecule has 2 rings (SSSR count). The van der Waals surface area contributed by atoms with Crippen LogP contribution >= 0.6 is 0 Å². The van der Waals surface area contributed by atoms with Gasteiger partial charge in [-0.05, 0) is 18.6 Å². The van der Waals surface area contributed by atoms with Gasteiger partial charge in [0.25, 0.3) is 0 Å². The number of pyridine rings is 1. The van der Waals surface area contributed by atoms with Gasteiger partial charge < -0.3 is 5.73 Å². The Morgan fingerprint density at radius 1 is 1.33 bits per heavy atom. The second-order valence-electron chi connectivity index (χ2n) is 5.69. The van der Waals surface area contributed by atoms with Crippen LogP contribution in [-0.4, -0.2) is 52.9 Å². The highest BCUT2D eigenvalue weighted by atomic mass is 16.1. The number of carbonyl (C=O) groups excluding carboxylic acids is 1. The molecule has 0 saturated carbocycles. The van der Waals surface area contributed by atoms with Crippen LogP contribution in [0.2, 0.25) is 0 Å². The zero-order valence-electron chi connectivity index (χ0n) is 12.9. The summed E-state index contributed by atoms with van der Waals surface area (Å²) < 4.78 is 0. The lowest BCUT2D eigenvalue weighted by Crippen LogP contribution is -2.53. The van der Waals surface area contributed by atoms with Crippen molar-refractivity contribution in [3.8, 4) is 0 Å². The monoisotopic (exact) mass is 290 g/mol. The number of nitrogens with zero attached hydrogens (tertiary/aromatic N) is 3. The summed E-state index contributed by atoms with van der Waals surface area (Å²) in [6, 6.07) is 5.92. The molecule has 21 heavy (non-hydrogen) atoms. The number of nitrogens with two attached hydrogens (primary N) is 1. The quantitative estimate of drug-likeness (QED) is 0.821. The minimum absolute atomic E-state index is 0.0954. The highest BCUT2D eigenvalue weighted by molar-refractivity contribution is 5.79. The predicted octanol–water partition coefficient (Wildman–Crippen LogP) is 1.24. The number of hydrogen-bond acceptors (Lipinski definition) is 4. The maximum absolute atomic E-state index is 11.6. The molecule has 0 spiro atoms. The van der Waals surface area contributed by atoms with Crippen molar-refractivity contribution >= 4 is 5.91 Å². The third-order valence-electron chi connectivity index (χ3n) is 4.12. The average molecular weight is 290 g/mol. The van der Waals surface area contributed by atoms with Crippen molar-refractivity contribution in [3.63, 3.8) is 0 Å². The number of unbranched alkanes of at least 4 members (excludes halogenated alkanes) is 1. The fourth-order valence-corrected chi connectivity index (χ4v) is 2.86. The third kappa shape index (κ3) is 4.79. The molecule has 1 atom stereocenters. The van der Waals surface area contributed by atoms with Crippen molar-refractivity contribution < 1.29 is 4.79 Å². The van der Waals surface area contributed by atoms with E-state index in [9.17, 15) is 4.79 Å². The molecule has 1 saturated heterocycles. The SMILES string of the molecule is CCCC[C@H](C(N)=O)N1CCN(Cc2ccccn2)CC1. The number of hydrogen-bond donors (Lipinski definition) is 1. The summed E-state index contributed by atoms with van der Waals surface area (Å²) in [7, 11) is 0. The van der Waals surface area contributed by atoms with E-state index < -0.39 is 0 Å². The molecule has 5 heteroatoms. The van der Waals surface area contributed by atoms with E-state index in [-0.39, 0.29) is 11.9 Å². The first-order valence-corrected chi connectivity index (χ1v) is 7.86. The normalized spacial score (nSPS) is 18.5. The second-order valence-corrected chi connectivity index (χ2v) is 5.69. The molecule has 1 aliphatic rings. The molecule has 0 bridgehead atoms. The number of amides is 1. The molecule has 5 nitrogen and oxygen atoms in total. The van der Waals surface area contributed by atoms with Gasteiger partial charge in [0.05, 0.1) is 11.7 Å². The summed E-state index contributed by atoms with van der Waals surface area (Å²) in [5, 5.41) is 0. The first-order valence-electron chi connectivity index (χ1n) is 7.86. The molecule has 2 N–H and O–H groups in total. The van der Waals surface area contributed by atoms with Gasteiger partial charge in [-0.1, -0.05) is 25.8 Å². The Hall–Kier alpha value is -1.46. The van der Waals surface area contributed by atoms with Gasteiger partial charge in [0.1, 0.15) is 0 Å². The summed E-state index contributed by atoms with van der Waals surface area (Å²) in [5.41, 5.74) is 6.66. The van der Waals surface area contributed by atoms with Crippen molar-refractivity contribution in [1.29, 1.82) is 0 Å². The Morgan fingerprint density at radius 3 is 2.67 bits per heavy atom. The summed E-state index contributed by atoms with van der Waals surface area (Å²) in [4.78, 5) is 20.6. The van der Waals surface area contributed by atoms with E-state index in [0.29, 0.717) is 0 Å². The van der Waals surface area contributed by atoms with Crippen molar-refractivity contribution in [1.82, 2.24) is 14.8 Å². The van der Waals surface area contributed by atoms with Crippen LogP contribution in [0.5, 0.6) is 0 Å². The highest BCUT2D eigenvalue weighted by Crippen LogP contribution is 2.13. The Labute approximate surface area is 127 Å². The molecular weight excluding hydrogens is 264 g/mol. The number of aromatic nitrogens is 1. The van der Waals surface area contributed by atoms with Gasteiger partial charge in [-0.15, -0.1) is 0 Å². The standard InChI is InChI=1S/C16H26N4O/c1-2-3-7-15(16(17)21)20-11-9-19(10-12-20)13-14-6-4-5-8-18-14/h4-6,8,15H,2-3,7,9-13H2,1H3,(H2,17,21)/t15-/m1/s1. The molecule has 0 aromatic carbocycles. The van der Waals surface area contributed by atoms with Gasteiger partial charge in [0.15, 0.2) is 0 Å². The van der Waals surface area contributed by atoms with Crippen LogP contribution in [0, 0.1) is 0 Å². The number of carbonyl (C=O) groups is 1. The van der Waals surface area contributed by atoms with E-state index in [1.165, 1.54) is 0 Å². The summed E-state index contributed by atoms with van der Waals surface area (Å²) >= 11 is 0. The average Bonchev–Trinajstić information content (AvgIpc) is 2.50. The molecule has 2 heterocycles. The smallest absolute Gasteiger partial charge is 0.234 e. The van der Waals surface area contributed by atoms with Crippen LogP contribution in [0.1, 0.15) is 31.9 Å². The fourth-order valence-electron chi connectivity index (χ4n) is 2.86. The van der Waals surface area contributed by atoms with E-state index in [4.69, 9.17) is 5.73 Å². The lowest BCUT2D eigenvalue weighted by atomic mass is 10.1. The first-order chi connectivity index (χ1) is 10.2. The van der Waals surface area contributed by atoms with Crippen LogP contribution in [0.25, 0.3) is 0 Å². The molecule has 1 amide bonds. The maximum Gasteiger partial charge on any atom is 0.234 e. The molecule has 1 aromatic heterocycles. The van der Waals surface area contributed by atoms with E-state index >= 15 is 0 Å². The van der Waals surface area contributed by atoms with Crippen LogP contribution < -0.4 is 5.73 Å². The third-order valence-corrected chi connectivity index (χ3v) is 4.12. The first kappa shape index (κ1) is 15.9. The fraction of sp³-hybridized carbons (Fsp3) is 0.625. The van der Waals surface area contributed by atoms with E-state index in [1.54, 1.807) is 0 Å². The van der Waals surface area contributed by atoms with Gasteiger partial charge in [0.2, 0.25) is 5.91 Å². The minimum atomic E-state index is -0.179. The Bertz CT molecular complexity index is 429. The molecule has 116 valence electrons. The highest BCUT2D eigenvalue weighted by Gasteiger charge is 2.27. The maximum atomic E-state index is 11.6. The van der Waals surface area contributed by atoms with Gasteiger partial charge in [-0.25, -0.2) is 0 Å². The summed E-state index contributed by atoms with van der Waals surface area (Å²) in [6.07, 6.45) is 4.87. The zero-order chi connectivity index (χ0) is 15.1. The number of rotatable bonds is 7. The second kappa shape index (κ2) is 8.10. The zero-order valence-corrected chi connectivity index (χ0v) is 12.9. The topological polar surface area (TPSA) is 62.5 Å². The summed E-state index contributed by atoms with van der Waals surface area (Å²) in [6.45, 7) is 6.76. The van der Waals surface area contributed by atoms with Gasteiger partial charge >= 0.3 is 0 Å². The molecule has 1 fully saturated rings. The molecular formula is C16H26N4O. The van der Waals surface area contributed by atoms with Crippen molar-refractivity contribution in [2.45, 2.75) is 38.8 Å². The predicted molar refractivity (Wildman–Crippen MR) is 83.6 cm³/mol. The van der Waals surface area contributed by atoms with E-state index in [0.717, 1.165) is 57.7 Å². The lowest BCUT2D eigenvalue weighted by molar-refractivity contribution is -0.124. The molecule has 0 unspecified atom stereocenters. The van der Waals surface area contributed by atoms with Crippen LogP contribution in [0.4, 0.5) is 0 Å². The Balaban J connectivity index is 1.82. The molecule has 0 aliphatic carbocycles. The lowest BCUT2D eigenvalue weighted by Gasteiger charge is -2.38. The van der Waals surface area contributed by atoms with Gasteiger partial charge in [0, 0.05) is 38.9 Å². The molecule has 0 radical (unpaired) electrons.